The highest BCUT2D eigenvalue weighted by Crippen LogP contribution is 2.23. The molecule has 0 aliphatic carbocycles. The average molecular weight is 324 g/mol. The molecular formula is C16H24N2O5. The quantitative estimate of drug-likeness (QED) is 0.634. The molecule has 1 unspecified atom stereocenters. The summed E-state index contributed by atoms with van der Waals surface area (Å²) in [5.41, 5.74) is 6.30. The van der Waals surface area contributed by atoms with E-state index in [-0.39, 0.29) is 6.42 Å². The molecule has 7 heteroatoms. The van der Waals surface area contributed by atoms with E-state index in [1.165, 1.54) is 14.2 Å². The van der Waals surface area contributed by atoms with E-state index in [1.54, 1.807) is 39.0 Å². The van der Waals surface area contributed by atoms with Gasteiger partial charge in [0.25, 0.3) is 0 Å². The number of amides is 1. The SMILES string of the molecule is COC(=O)C(Cc1ccc(N)cc1OC)NC(=O)OC(C)(C)C. The van der Waals surface area contributed by atoms with Crippen molar-refractivity contribution in [2.24, 2.45) is 0 Å². The molecule has 0 aliphatic rings. The van der Waals surface area contributed by atoms with Crippen molar-refractivity contribution in [1.29, 1.82) is 0 Å². The van der Waals surface area contributed by atoms with Gasteiger partial charge in [0, 0.05) is 18.2 Å². The van der Waals surface area contributed by atoms with Crippen molar-refractivity contribution in [2.75, 3.05) is 20.0 Å². The van der Waals surface area contributed by atoms with Gasteiger partial charge in [-0.05, 0) is 32.4 Å². The van der Waals surface area contributed by atoms with Gasteiger partial charge in [-0.15, -0.1) is 0 Å². The average Bonchev–Trinajstić information content (AvgIpc) is 2.45. The first-order valence-electron chi connectivity index (χ1n) is 7.16. The highest BCUT2D eigenvalue weighted by atomic mass is 16.6. The molecule has 1 amide bonds. The fraction of sp³-hybridized carbons (Fsp3) is 0.500. The largest absolute Gasteiger partial charge is 0.496 e. The van der Waals surface area contributed by atoms with Crippen molar-refractivity contribution in [3.8, 4) is 5.75 Å². The van der Waals surface area contributed by atoms with Crippen molar-refractivity contribution in [3.05, 3.63) is 23.8 Å². The van der Waals surface area contributed by atoms with E-state index < -0.39 is 23.7 Å². The maximum absolute atomic E-state index is 11.9. The number of hydrogen-bond acceptors (Lipinski definition) is 6. The standard InChI is InChI=1S/C16H24N2O5/c1-16(2,3)23-15(20)18-12(14(19)22-5)8-10-6-7-11(17)9-13(10)21-4/h6-7,9,12H,8,17H2,1-5H3,(H,18,20). The molecule has 23 heavy (non-hydrogen) atoms. The van der Waals surface area contributed by atoms with E-state index in [2.05, 4.69) is 5.32 Å². The van der Waals surface area contributed by atoms with Crippen molar-refractivity contribution < 1.29 is 23.8 Å². The normalized spacial score (nSPS) is 12.2. The molecule has 0 fully saturated rings. The van der Waals surface area contributed by atoms with Gasteiger partial charge in [-0.1, -0.05) is 6.07 Å². The Hall–Kier alpha value is -2.44. The van der Waals surface area contributed by atoms with Crippen LogP contribution in [0.5, 0.6) is 5.75 Å². The third-order valence-corrected chi connectivity index (χ3v) is 2.91. The summed E-state index contributed by atoms with van der Waals surface area (Å²) in [5, 5.41) is 2.52. The molecule has 128 valence electrons. The summed E-state index contributed by atoms with van der Waals surface area (Å²) < 4.78 is 15.2. The number of methoxy groups -OCH3 is 2. The van der Waals surface area contributed by atoms with Gasteiger partial charge >= 0.3 is 12.1 Å². The summed E-state index contributed by atoms with van der Waals surface area (Å²) in [5.74, 6) is -0.0420. The number of hydrogen-bond donors (Lipinski definition) is 2. The Morgan fingerprint density at radius 2 is 1.91 bits per heavy atom. The number of alkyl carbamates (subject to hydrolysis) is 1. The van der Waals surface area contributed by atoms with Crippen molar-refractivity contribution in [2.45, 2.75) is 38.8 Å². The van der Waals surface area contributed by atoms with Crippen LogP contribution in [0, 0.1) is 0 Å². The molecule has 0 saturated heterocycles. The van der Waals surface area contributed by atoms with E-state index in [9.17, 15) is 9.59 Å². The molecule has 1 atom stereocenters. The number of carbonyl (C=O) groups excluding carboxylic acids is 2. The van der Waals surface area contributed by atoms with Crippen molar-refractivity contribution in [1.82, 2.24) is 5.32 Å². The molecule has 3 N–H and O–H groups in total. The molecule has 0 aromatic heterocycles. The third-order valence-electron chi connectivity index (χ3n) is 2.91. The zero-order valence-corrected chi connectivity index (χ0v) is 14.1. The molecule has 1 rings (SSSR count). The lowest BCUT2D eigenvalue weighted by Crippen LogP contribution is -2.45. The van der Waals surface area contributed by atoms with E-state index in [1.807, 2.05) is 0 Å². The summed E-state index contributed by atoms with van der Waals surface area (Å²) in [4.78, 5) is 23.8. The lowest BCUT2D eigenvalue weighted by Gasteiger charge is -2.23. The number of nitrogens with two attached hydrogens (primary N) is 1. The smallest absolute Gasteiger partial charge is 0.408 e. The zero-order chi connectivity index (χ0) is 17.6. The second kappa shape index (κ2) is 7.71. The van der Waals surface area contributed by atoms with Gasteiger partial charge in [-0.25, -0.2) is 9.59 Å². The Morgan fingerprint density at radius 1 is 1.26 bits per heavy atom. The molecule has 0 radical (unpaired) electrons. The van der Waals surface area contributed by atoms with E-state index in [4.69, 9.17) is 19.9 Å². The maximum Gasteiger partial charge on any atom is 0.408 e. The van der Waals surface area contributed by atoms with Gasteiger partial charge in [-0.2, -0.15) is 0 Å². The summed E-state index contributed by atoms with van der Waals surface area (Å²) in [7, 11) is 2.76. The van der Waals surface area contributed by atoms with Crippen LogP contribution in [0.2, 0.25) is 0 Å². The molecule has 1 aromatic carbocycles. The number of anilines is 1. The monoisotopic (exact) mass is 324 g/mol. The number of carbonyl (C=O) groups is 2. The predicted molar refractivity (Wildman–Crippen MR) is 86.3 cm³/mol. The molecule has 0 bridgehead atoms. The van der Waals surface area contributed by atoms with Crippen LogP contribution in [0.3, 0.4) is 0 Å². The summed E-state index contributed by atoms with van der Waals surface area (Å²) in [6, 6.07) is 4.19. The van der Waals surface area contributed by atoms with E-state index >= 15 is 0 Å². The third kappa shape index (κ3) is 6.06. The summed E-state index contributed by atoms with van der Waals surface area (Å²) >= 11 is 0. The van der Waals surface area contributed by atoms with Gasteiger partial charge in [0.1, 0.15) is 17.4 Å². The fourth-order valence-electron chi connectivity index (χ4n) is 1.94. The van der Waals surface area contributed by atoms with Crippen molar-refractivity contribution >= 4 is 17.7 Å². The highest BCUT2D eigenvalue weighted by Gasteiger charge is 2.26. The number of nitrogens with one attached hydrogen (secondary N) is 1. The van der Waals surface area contributed by atoms with Gasteiger partial charge < -0.3 is 25.3 Å². The number of nitrogen functional groups attached to an aromatic ring is 1. The van der Waals surface area contributed by atoms with Crippen LogP contribution in [0.15, 0.2) is 18.2 Å². The minimum Gasteiger partial charge on any atom is -0.496 e. The number of ether oxygens (including phenoxy) is 3. The molecule has 7 nitrogen and oxygen atoms in total. The van der Waals surface area contributed by atoms with E-state index in [0.717, 1.165) is 0 Å². The minimum atomic E-state index is -0.896. The van der Waals surface area contributed by atoms with E-state index in [0.29, 0.717) is 17.0 Å². The fourth-order valence-corrected chi connectivity index (χ4v) is 1.94. The highest BCUT2D eigenvalue weighted by molar-refractivity contribution is 5.81. The second-order valence-electron chi connectivity index (χ2n) is 6.00. The van der Waals surface area contributed by atoms with Gasteiger partial charge in [0.2, 0.25) is 0 Å². The van der Waals surface area contributed by atoms with Crippen LogP contribution in [-0.4, -0.2) is 37.9 Å². The first kappa shape index (κ1) is 18.6. The molecule has 0 heterocycles. The Kier molecular flexibility index (Phi) is 6.24. The molecule has 0 saturated carbocycles. The van der Waals surface area contributed by atoms with Crippen LogP contribution in [0.4, 0.5) is 10.5 Å². The second-order valence-corrected chi connectivity index (χ2v) is 6.00. The van der Waals surface area contributed by atoms with Gasteiger partial charge in [0.15, 0.2) is 0 Å². The first-order chi connectivity index (χ1) is 10.7. The number of benzene rings is 1. The predicted octanol–water partition coefficient (Wildman–Crippen LogP) is 1.89. The van der Waals surface area contributed by atoms with Crippen LogP contribution < -0.4 is 15.8 Å². The van der Waals surface area contributed by atoms with Crippen LogP contribution in [0.1, 0.15) is 26.3 Å². The van der Waals surface area contributed by atoms with Crippen molar-refractivity contribution in [3.63, 3.8) is 0 Å². The topological polar surface area (TPSA) is 99.9 Å². The molecular weight excluding hydrogens is 300 g/mol. The molecule has 0 aliphatic heterocycles. The Bertz CT molecular complexity index is 566. The van der Waals surface area contributed by atoms with Crippen LogP contribution in [0.25, 0.3) is 0 Å². The maximum atomic E-state index is 11.9. The lowest BCUT2D eigenvalue weighted by molar-refractivity contribution is -0.143. The minimum absolute atomic E-state index is 0.190. The number of rotatable bonds is 5. The van der Waals surface area contributed by atoms with Gasteiger partial charge in [0.05, 0.1) is 14.2 Å². The van der Waals surface area contributed by atoms with Crippen LogP contribution >= 0.6 is 0 Å². The molecule has 1 aromatic rings. The first-order valence-corrected chi connectivity index (χ1v) is 7.16. The summed E-state index contributed by atoms with van der Waals surface area (Å²) in [6.07, 6.45) is -0.502. The number of esters is 1. The van der Waals surface area contributed by atoms with Gasteiger partial charge in [-0.3, -0.25) is 0 Å². The summed E-state index contributed by atoms with van der Waals surface area (Å²) in [6.45, 7) is 5.22. The Morgan fingerprint density at radius 3 is 2.43 bits per heavy atom. The van der Waals surface area contributed by atoms with Crippen LogP contribution in [-0.2, 0) is 20.7 Å². The lowest BCUT2D eigenvalue weighted by atomic mass is 10.0. The Labute approximate surface area is 136 Å². The Balaban J connectivity index is 2.92. The molecule has 0 spiro atoms. The zero-order valence-electron chi connectivity index (χ0n) is 14.1.